The van der Waals surface area contributed by atoms with Gasteiger partial charge >= 0.3 is 12.2 Å². The number of carbonyl (C=O) groups excluding carboxylic acids is 1. The zero-order valence-corrected chi connectivity index (χ0v) is 9.66. The molecular formula is C11H13F3N2O2. The molecule has 0 aromatic heterocycles. The highest BCUT2D eigenvalue weighted by Crippen LogP contribution is 2.29. The first-order valence-electron chi connectivity index (χ1n) is 5.19. The van der Waals surface area contributed by atoms with E-state index in [2.05, 4.69) is 5.32 Å². The number of urea groups is 1. The summed E-state index contributed by atoms with van der Waals surface area (Å²) in [4.78, 5) is 10.9. The Labute approximate surface area is 102 Å². The maximum Gasteiger partial charge on any atom is 0.416 e. The summed E-state index contributed by atoms with van der Waals surface area (Å²) in [7, 11) is 1.34. The molecule has 2 amide bonds. The van der Waals surface area contributed by atoms with E-state index in [0.717, 1.165) is 12.1 Å². The number of benzene rings is 1. The molecule has 18 heavy (non-hydrogen) atoms. The number of hydroxylamine groups is 2. The van der Waals surface area contributed by atoms with Crippen LogP contribution in [0.1, 0.15) is 11.1 Å². The van der Waals surface area contributed by atoms with E-state index in [1.165, 1.54) is 19.2 Å². The van der Waals surface area contributed by atoms with Gasteiger partial charge in [-0.25, -0.2) is 9.86 Å². The first-order valence-corrected chi connectivity index (χ1v) is 5.19. The van der Waals surface area contributed by atoms with Crippen LogP contribution in [0.4, 0.5) is 18.0 Å². The van der Waals surface area contributed by atoms with Gasteiger partial charge in [0.1, 0.15) is 0 Å². The van der Waals surface area contributed by atoms with Gasteiger partial charge in [-0.3, -0.25) is 5.21 Å². The number of alkyl halides is 3. The average Bonchev–Trinajstić information content (AvgIpc) is 2.34. The molecule has 0 atom stereocenters. The van der Waals surface area contributed by atoms with Gasteiger partial charge in [-0.1, -0.05) is 18.2 Å². The van der Waals surface area contributed by atoms with E-state index in [-0.39, 0.29) is 13.0 Å². The second-order valence-corrected chi connectivity index (χ2v) is 3.63. The molecule has 0 radical (unpaired) electrons. The molecule has 0 spiro atoms. The minimum absolute atomic E-state index is 0.0824. The molecule has 0 aliphatic carbocycles. The second-order valence-electron chi connectivity index (χ2n) is 3.63. The van der Waals surface area contributed by atoms with Crippen molar-refractivity contribution in [3.8, 4) is 0 Å². The van der Waals surface area contributed by atoms with Gasteiger partial charge in [-0.05, 0) is 18.1 Å². The van der Waals surface area contributed by atoms with E-state index in [0.29, 0.717) is 10.6 Å². The summed E-state index contributed by atoms with van der Waals surface area (Å²) >= 11 is 0. The van der Waals surface area contributed by atoms with Gasteiger partial charge in [-0.2, -0.15) is 13.2 Å². The summed E-state index contributed by atoms with van der Waals surface area (Å²) < 4.78 is 37.3. The zero-order valence-electron chi connectivity index (χ0n) is 9.66. The van der Waals surface area contributed by atoms with Crippen LogP contribution in [0, 0.1) is 0 Å². The van der Waals surface area contributed by atoms with Crippen molar-refractivity contribution >= 4 is 6.03 Å². The van der Waals surface area contributed by atoms with Crippen molar-refractivity contribution in [3.05, 3.63) is 35.4 Å². The summed E-state index contributed by atoms with van der Waals surface area (Å²) in [5.41, 5.74) is -0.350. The van der Waals surface area contributed by atoms with Gasteiger partial charge in [0, 0.05) is 7.05 Å². The van der Waals surface area contributed by atoms with Crippen molar-refractivity contribution in [1.29, 1.82) is 0 Å². The molecule has 1 aromatic carbocycles. The lowest BCUT2D eigenvalue weighted by molar-refractivity contribution is -0.137. The van der Waals surface area contributed by atoms with E-state index in [1.807, 2.05) is 0 Å². The molecule has 1 aromatic rings. The highest BCUT2D eigenvalue weighted by molar-refractivity contribution is 5.72. The molecule has 2 N–H and O–H groups in total. The van der Waals surface area contributed by atoms with Crippen molar-refractivity contribution in [2.75, 3.05) is 13.6 Å². The van der Waals surface area contributed by atoms with Gasteiger partial charge in [0.05, 0.1) is 12.1 Å². The van der Waals surface area contributed by atoms with Crippen LogP contribution in [-0.2, 0) is 12.6 Å². The Kier molecular flexibility index (Phi) is 4.55. The Morgan fingerprint density at radius 1 is 1.44 bits per heavy atom. The minimum atomic E-state index is -4.39. The summed E-state index contributed by atoms with van der Waals surface area (Å²) in [6, 6.07) is 4.06. The van der Waals surface area contributed by atoms with Crippen LogP contribution in [-0.4, -0.2) is 29.9 Å². The molecule has 0 aliphatic rings. The maximum atomic E-state index is 12.4. The lowest BCUT2D eigenvalue weighted by Gasteiger charge is -2.14. The fourth-order valence-electron chi connectivity index (χ4n) is 1.37. The SMILES string of the molecule is CNC(=O)N(O)CCc1cccc(C(F)(F)F)c1. The van der Waals surface area contributed by atoms with Crippen LogP contribution in [0.5, 0.6) is 0 Å². The maximum absolute atomic E-state index is 12.4. The molecule has 100 valence electrons. The third kappa shape index (κ3) is 3.92. The number of nitrogens with zero attached hydrogens (tertiary/aromatic N) is 1. The summed E-state index contributed by atoms with van der Waals surface area (Å²) in [5.74, 6) is 0. The third-order valence-corrected chi connectivity index (χ3v) is 2.31. The number of hydrogen-bond acceptors (Lipinski definition) is 2. The first-order chi connectivity index (χ1) is 8.34. The van der Waals surface area contributed by atoms with Crippen molar-refractivity contribution < 1.29 is 23.2 Å². The summed E-state index contributed by atoms with van der Waals surface area (Å²) in [6.45, 7) is -0.0824. The largest absolute Gasteiger partial charge is 0.416 e. The predicted molar refractivity (Wildman–Crippen MR) is 58.1 cm³/mol. The van der Waals surface area contributed by atoms with Crippen molar-refractivity contribution in [2.45, 2.75) is 12.6 Å². The molecule has 0 heterocycles. The quantitative estimate of drug-likeness (QED) is 0.648. The molecule has 0 bridgehead atoms. The molecule has 4 nitrogen and oxygen atoms in total. The Morgan fingerprint density at radius 2 is 2.11 bits per heavy atom. The van der Waals surface area contributed by atoms with Gasteiger partial charge in [0.25, 0.3) is 0 Å². The molecule has 0 aliphatic heterocycles. The highest BCUT2D eigenvalue weighted by Gasteiger charge is 2.30. The predicted octanol–water partition coefficient (Wildman–Crippen LogP) is 2.28. The standard InChI is InChI=1S/C11H13F3N2O2/c1-15-10(17)16(18)6-5-8-3-2-4-9(7-8)11(12,13)14/h2-4,7,18H,5-6H2,1H3,(H,15,17). The van der Waals surface area contributed by atoms with Gasteiger partial charge in [0.15, 0.2) is 0 Å². The normalized spacial score (nSPS) is 11.2. The van der Waals surface area contributed by atoms with Gasteiger partial charge in [-0.15, -0.1) is 0 Å². The second kappa shape index (κ2) is 5.72. The van der Waals surface area contributed by atoms with E-state index < -0.39 is 17.8 Å². The molecule has 0 fully saturated rings. The number of rotatable bonds is 3. The van der Waals surface area contributed by atoms with Crippen LogP contribution in [0.25, 0.3) is 0 Å². The fourth-order valence-corrected chi connectivity index (χ4v) is 1.37. The molecule has 0 saturated carbocycles. The Balaban J connectivity index is 2.66. The number of carbonyl (C=O) groups is 1. The van der Waals surface area contributed by atoms with E-state index >= 15 is 0 Å². The summed E-state index contributed by atoms with van der Waals surface area (Å²) in [6.07, 6.45) is -4.26. The van der Waals surface area contributed by atoms with Crippen LogP contribution >= 0.6 is 0 Å². The Hall–Kier alpha value is -1.76. The van der Waals surface area contributed by atoms with Crippen molar-refractivity contribution in [1.82, 2.24) is 10.4 Å². The molecule has 0 unspecified atom stereocenters. The Bertz CT molecular complexity index is 421. The monoisotopic (exact) mass is 262 g/mol. The number of amides is 2. The topological polar surface area (TPSA) is 52.6 Å². The summed E-state index contributed by atoms with van der Waals surface area (Å²) in [5, 5.41) is 11.8. The number of hydrogen-bond donors (Lipinski definition) is 2. The molecular weight excluding hydrogens is 249 g/mol. The van der Waals surface area contributed by atoms with Crippen molar-refractivity contribution in [2.24, 2.45) is 0 Å². The third-order valence-electron chi connectivity index (χ3n) is 2.31. The van der Waals surface area contributed by atoms with Crippen LogP contribution in [0.15, 0.2) is 24.3 Å². The number of halogens is 3. The molecule has 7 heteroatoms. The fraction of sp³-hybridized carbons (Fsp3) is 0.364. The van der Waals surface area contributed by atoms with Gasteiger partial charge in [0.2, 0.25) is 0 Å². The minimum Gasteiger partial charge on any atom is -0.339 e. The average molecular weight is 262 g/mol. The Morgan fingerprint density at radius 3 is 2.67 bits per heavy atom. The highest BCUT2D eigenvalue weighted by atomic mass is 19.4. The molecule has 1 rings (SSSR count). The van der Waals surface area contributed by atoms with Crippen LogP contribution in [0.2, 0.25) is 0 Å². The van der Waals surface area contributed by atoms with Crippen molar-refractivity contribution in [3.63, 3.8) is 0 Å². The van der Waals surface area contributed by atoms with E-state index in [9.17, 15) is 23.2 Å². The first kappa shape index (κ1) is 14.3. The zero-order chi connectivity index (χ0) is 13.8. The van der Waals surface area contributed by atoms with E-state index in [1.54, 1.807) is 0 Å². The van der Waals surface area contributed by atoms with Gasteiger partial charge < -0.3 is 5.32 Å². The lowest BCUT2D eigenvalue weighted by Crippen LogP contribution is -2.36. The smallest absolute Gasteiger partial charge is 0.339 e. The lowest BCUT2D eigenvalue weighted by atomic mass is 10.1. The van der Waals surface area contributed by atoms with Crippen LogP contribution < -0.4 is 5.32 Å². The molecule has 0 saturated heterocycles. The van der Waals surface area contributed by atoms with E-state index in [4.69, 9.17) is 0 Å². The van der Waals surface area contributed by atoms with Crippen LogP contribution in [0.3, 0.4) is 0 Å². The number of nitrogens with one attached hydrogen (secondary N) is 1.